The number of fused-ring (bicyclic) bond motifs is 1. The first kappa shape index (κ1) is 16.4. The number of thiophene rings is 1. The van der Waals surface area contributed by atoms with E-state index in [0.29, 0.717) is 12.5 Å². The van der Waals surface area contributed by atoms with Crippen molar-refractivity contribution >= 4 is 28.1 Å². The summed E-state index contributed by atoms with van der Waals surface area (Å²) in [4.78, 5) is 16.1. The van der Waals surface area contributed by atoms with E-state index in [1.807, 2.05) is 6.07 Å². The van der Waals surface area contributed by atoms with Crippen LogP contribution in [0.25, 0.3) is 10.9 Å². The van der Waals surface area contributed by atoms with Crippen molar-refractivity contribution in [2.75, 3.05) is 0 Å². The van der Waals surface area contributed by atoms with E-state index in [1.165, 1.54) is 35.8 Å². The summed E-state index contributed by atoms with van der Waals surface area (Å²) in [5, 5.41) is 8.75. The molecule has 1 amide bonds. The summed E-state index contributed by atoms with van der Waals surface area (Å²) in [7, 11) is 0. The Labute approximate surface area is 152 Å². The normalized spacial score (nSPS) is 16.8. The van der Waals surface area contributed by atoms with E-state index in [0.717, 1.165) is 18.4 Å². The molecule has 1 aliphatic rings. The lowest BCUT2D eigenvalue weighted by Gasteiger charge is -2.24. The molecule has 0 aliphatic heterocycles. The Balaban J connectivity index is 1.57. The second-order valence-corrected chi connectivity index (χ2v) is 7.79. The van der Waals surface area contributed by atoms with E-state index >= 15 is 0 Å². The Bertz CT molecular complexity index is 831. The monoisotopic (exact) mass is 352 g/mol. The summed E-state index contributed by atoms with van der Waals surface area (Å²) in [6.45, 7) is 0. The Hall–Kier alpha value is -2.07. The first-order valence-electron chi connectivity index (χ1n) is 9.19. The Kier molecular flexibility index (Phi) is 4.88. The number of hydrogen-bond donors (Lipinski definition) is 2. The largest absolute Gasteiger partial charge is 0.361 e. The van der Waals surface area contributed by atoms with Crippen molar-refractivity contribution in [1.82, 2.24) is 10.3 Å². The molecule has 0 bridgehead atoms. The van der Waals surface area contributed by atoms with E-state index < -0.39 is 0 Å². The van der Waals surface area contributed by atoms with E-state index in [-0.39, 0.29) is 11.8 Å². The number of aromatic nitrogens is 1. The minimum absolute atomic E-state index is 0.103. The highest BCUT2D eigenvalue weighted by Crippen LogP contribution is 2.34. The lowest BCUT2D eigenvalue weighted by molar-refractivity contribution is -0.122. The highest BCUT2D eigenvalue weighted by Gasteiger charge is 2.23. The number of H-pyrrole nitrogens is 1. The van der Waals surface area contributed by atoms with E-state index in [1.54, 1.807) is 11.3 Å². The molecule has 3 nitrogen and oxygen atoms in total. The van der Waals surface area contributed by atoms with E-state index in [9.17, 15) is 4.79 Å². The van der Waals surface area contributed by atoms with Crippen LogP contribution >= 0.6 is 11.3 Å². The van der Waals surface area contributed by atoms with Crippen molar-refractivity contribution in [2.24, 2.45) is 0 Å². The van der Waals surface area contributed by atoms with Crippen LogP contribution in [0.4, 0.5) is 0 Å². The molecule has 130 valence electrons. The second-order valence-electron chi connectivity index (χ2n) is 7.01. The van der Waals surface area contributed by atoms with Crippen LogP contribution in [-0.2, 0) is 4.79 Å². The van der Waals surface area contributed by atoms with Gasteiger partial charge in [-0.05, 0) is 46.9 Å². The van der Waals surface area contributed by atoms with Crippen molar-refractivity contribution in [3.05, 3.63) is 58.4 Å². The Morgan fingerprint density at radius 3 is 2.84 bits per heavy atom. The van der Waals surface area contributed by atoms with Crippen molar-refractivity contribution < 1.29 is 4.79 Å². The van der Waals surface area contributed by atoms with Gasteiger partial charge in [0.1, 0.15) is 0 Å². The zero-order valence-electron chi connectivity index (χ0n) is 14.3. The molecule has 2 aromatic heterocycles. The molecular formula is C21H24N2OS. The standard InChI is InChI=1S/C21H24N2OS/c24-21(23-16-6-2-1-3-7-16)12-18(15-10-11-25-14-15)19-13-22-20-9-5-4-8-17(19)20/h4-5,8-11,13-14,16,18,22H,1-3,6-7,12H2,(H,23,24). The van der Waals surface area contributed by atoms with Crippen LogP contribution in [0.3, 0.4) is 0 Å². The number of hydrogen-bond acceptors (Lipinski definition) is 2. The van der Waals surface area contributed by atoms with Gasteiger partial charge in [-0.15, -0.1) is 0 Å². The minimum atomic E-state index is 0.103. The lowest BCUT2D eigenvalue weighted by Crippen LogP contribution is -2.36. The van der Waals surface area contributed by atoms with Gasteiger partial charge in [0, 0.05) is 35.5 Å². The highest BCUT2D eigenvalue weighted by atomic mass is 32.1. The van der Waals surface area contributed by atoms with Crippen LogP contribution in [0, 0.1) is 0 Å². The zero-order valence-corrected chi connectivity index (χ0v) is 15.1. The fourth-order valence-corrected chi connectivity index (χ4v) is 4.70. The molecule has 2 heterocycles. The third-order valence-electron chi connectivity index (χ3n) is 5.30. The number of rotatable bonds is 5. The molecule has 0 saturated heterocycles. The molecule has 1 aromatic carbocycles. The average Bonchev–Trinajstić information content (AvgIpc) is 3.31. The molecule has 0 radical (unpaired) electrons. The fraction of sp³-hybridized carbons (Fsp3) is 0.381. The summed E-state index contributed by atoms with van der Waals surface area (Å²) in [5.41, 5.74) is 3.58. The first-order valence-corrected chi connectivity index (χ1v) is 10.1. The van der Waals surface area contributed by atoms with Crippen LogP contribution in [0.1, 0.15) is 55.6 Å². The van der Waals surface area contributed by atoms with Gasteiger partial charge in [0.05, 0.1) is 0 Å². The molecule has 0 spiro atoms. The number of carbonyl (C=O) groups is 1. The highest BCUT2D eigenvalue weighted by molar-refractivity contribution is 7.08. The second kappa shape index (κ2) is 7.44. The summed E-state index contributed by atoms with van der Waals surface area (Å²) in [6.07, 6.45) is 8.61. The molecule has 4 rings (SSSR count). The lowest BCUT2D eigenvalue weighted by atomic mass is 9.89. The third-order valence-corrected chi connectivity index (χ3v) is 6.00. The maximum Gasteiger partial charge on any atom is 0.221 e. The number of carbonyl (C=O) groups excluding carboxylic acids is 1. The molecule has 25 heavy (non-hydrogen) atoms. The van der Waals surface area contributed by atoms with Crippen molar-refractivity contribution in [3.8, 4) is 0 Å². The van der Waals surface area contributed by atoms with Gasteiger partial charge in [-0.25, -0.2) is 0 Å². The van der Waals surface area contributed by atoms with Gasteiger partial charge >= 0.3 is 0 Å². The molecular weight excluding hydrogens is 328 g/mol. The van der Waals surface area contributed by atoms with Gasteiger partial charge in [-0.1, -0.05) is 37.5 Å². The van der Waals surface area contributed by atoms with Crippen LogP contribution in [0.5, 0.6) is 0 Å². The van der Waals surface area contributed by atoms with Crippen LogP contribution in [-0.4, -0.2) is 16.9 Å². The van der Waals surface area contributed by atoms with Gasteiger partial charge in [-0.2, -0.15) is 11.3 Å². The SMILES string of the molecule is O=C(CC(c1ccsc1)c1c[nH]c2ccccc12)NC1CCCCC1. The van der Waals surface area contributed by atoms with Crippen molar-refractivity contribution in [1.29, 1.82) is 0 Å². The van der Waals surface area contributed by atoms with E-state index in [4.69, 9.17) is 0 Å². The Morgan fingerprint density at radius 1 is 1.20 bits per heavy atom. The molecule has 1 saturated carbocycles. The predicted octanol–water partition coefficient (Wildman–Crippen LogP) is 5.20. The summed E-state index contributed by atoms with van der Waals surface area (Å²) in [5.74, 6) is 0.277. The molecule has 1 atom stereocenters. The zero-order chi connectivity index (χ0) is 17.1. The van der Waals surface area contributed by atoms with Crippen LogP contribution in [0.2, 0.25) is 0 Å². The maximum atomic E-state index is 12.7. The van der Waals surface area contributed by atoms with Gasteiger partial charge in [-0.3, -0.25) is 4.79 Å². The molecule has 1 aliphatic carbocycles. The van der Waals surface area contributed by atoms with Crippen molar-refractivity contribution in [2.45, 2.75) is 50.5 Å². The van der Waals surface area contributed by atoms with E-state index in [2.05, 4.69) is 51.5 Å². The smallest absolute Gasteiger partial charge is 0.221 e. The molecule has 1 fully saturated rings. The fourth-order valence-electron chi connectivity index (χ4n) is 3.98. The third kappa shape index (κ3) is 3.64. The number of para-hydroxylation sites is 1. The first-order chi connectivity index (χ1) is 12.3. The molecule has 2 N–H and O–H groups in total. The quantitative estimate of drug-likeness (QED) is 0.651. The maximum absolute atomic E-state index is 12.7. The van der Waals surface area contributed by atoms with Crippen molar-refractivity contribution in [3.63, 3.8) is 0 Å². The Morgan fingerprint density at radius 2 is 2.04 bits per heavy atom. The van der Waals surface area contributed by atoms with Gasteiger partial charge < -0.3 is 10.3 Å². The average molecular weight is 353 g/mol. The number of benzene rings is 1. The summed E-state index contributed by atoms with van der Waals surface area (Å²) in [6, 6.07) is 10.8. The molecule has 1 unspecified atom stereocenters. The predicted molar refractivity (Wildman–Crippen MR) is 104 cm³/mol. The number of aromatic amines is 1. The number of nitrogens with one attached hydrogen (secondary N) is 2. The minimum Gasteiger partial charge on any atom is -0.361 e. The molecule has 3 aromatic rings. The number of amides is 1. The van der Waals surface area contributed by atoms with Gasteiger partial charge in [0.2, 0.25) is 5.91 Å². The molecule has 4 heteroatoms. The van der Waals surface area contributed by atoms with Gasteiger partial charge in [0.15, 0.2) is 0 Å². The van der Waals surface area contributed by atoms with Gasteiger partial charge in [0.25, 0.3) is 0 Å². The summed E-state index contributed by atoms with van der Waals surface area (Å²) >= 11 is 1.69. The topological polar surface area (TPSA) is 44.9 Å². The van der Waals surface area contributed by atoms with Crippen LogP contribution < -0.4 is 5.32 Å². The summed E-state index contributed by atoms with van der Waals surface area (Å²) < 4.78 is 0. The van der Waals surface area contributed by atoms with Crippen LogP contribution in [0.15, 0.2) is 47.3 Å².